The SMILES string of the molecule is Cn1c(=O)oc2ccc(-c3ccc(C[C@H](C#N)N4CCCO[C@H](C(N)=O)C4)cc3)cc21. The minimum absolute atomic E-state index is 0.328. The maximum atomic E-state index is 11.7. The third kappa shape index (κ3) is 4.38. The molecule has 8 heteroatoms. The lowest BCUT2D eigenvalue weighted by Crippen LogP contribution is -2.44. The van der Waals surface area contributed by atoms with Gasteiger partial charge in [-0.3, -0.25) is 14.3 Å². The van der Waals surface area contributed by atoms with Crippen LogP contribution in [0.5, 0.6) is 0 Å². The summed E-state index contributed by atoms with van der Waals surface area (Å²) < 4.78 is 12.2. The molecular weight excluding hydrogens is 396 g/mol. The Morgan fingerprint density at radius 3 is 2.71 bits per heavy atom. The molecule has 1 aromatic heterocycles. The highest BCUT2D eigenvalue weighted by Crippen LogP contribution is 2.25. The largest absolute Gasteiger partial charge is 0.419 e. The van der Waals surface area contributed by atoms with Crippen LogP contribution < -0.4 is 11.5 Å². The first-order chi connectivity index (χ1) is 15.0. The average molecular weight is 420 g/mol. The summed E-state index contributed by atoms with van der Waals surface area (Å²) in [5.41, 5.74) is 9.71. The van der Waals surface area contributed by atoms with Crippen LogP contribution in [0.15, 0.2) is 51.7 Å². The minimum Gasteiger partial charge on any atom is -0.408 e. The van der Waals surface area contributed by atoms with Gasteiger partial charge in [0.1, 0.15) is 12.1 Å². The van der Waals surface area contributed by atoms with Crippen LogP contribution in [0.3, 0.4) is 0 Å². The number of hydrogen-bond donors (Lipinski definition) is 1. The summed E-state index contributed by atoms with van der Waals surface area (Å²) in [7, 11) is 1.68. The van der Waals surface area contributed by atoms with Gasteiger partial charge in [0.25, 0.3) is 0 Å². The van der Waals surface area contributed by atoms with Gasteiger partial charge in [-0.05, 0) is 35.2 Å². The van der Waals surface area contributed by atoms with Crippen molar-refractivity contribution in [3.8, 4) is 17.2 Å². The van der Waals surface area contributed by atoms with Gasteiger partial charge in [0, 0.05) is 33.2 Å². The van der Waals surface area contributed by atoms with E-state index >= 15 is 0 Å². The van der Waals surface area contributed by atoms with Crippen molar-refractivity contribution >= 4 is 17.0 Å². The number of oxazole rings is 1. The van der Waals surface area contributed by atoms with E-state index in [0.717, 1.165) is 28.6 Å². The number of benzene rings is 2. The van der Waals surface area contributed by atoms with Crippen molar-refractivity contribution in [2.75, 3.05) is 19.7 Å². The van der Waals surface area contributed by atoms with E-state index < -0.39 is 12.0 Å². The van der Waals surface area contributed by atoms with Crippen molar-refractivity contribution in [2.45, 2.75) is 25.0 Å². The van der Waals surface area contributed by atoms with E-state index in [2.05, 4.69) is 6.07 Å². The molecule has 2 N–H and O–H groups in total. The summed E-state index contributed by atoms with van der Waals surface area (Å²) in [6.07, 6.45) is 0.603. The van der Waals surface area contributed by atoms with Gasteiger partial charge in [0.05, 0.1) is 11.6 Å². The molecule has 3 aromatic rings. The Bertz CT molecular complexity index is 1190. The number of nitrogens with zero attached hydrogens (tertiary/aromatic N) is 3. The quantitative estimate of drug-likeness (QED) is 0.673. The number of hydrogen-bond acceptors (Lipinski definition) is 6. The molecule has 160 valence electrons. The minimum atomic E-state index is -0.686. The van der Waals surface area contributed by atoms with Crippen molar-refractivity contribution in [3.05, 3.63) is 58.6 Å². The Balaban J connectivity index is 1.51. The topological polar surface area (TPSA) is 114 Å². The zero-order valence-corrected chi connectivity index (χ0v) is 17.3. The van der Waals surface area contributed by atoms with Crippen LogP contribution in [0.25, 0.3) is 22.2 Å². The summed E-state index contributed by atoms with van der Waals surface area (Å²) in [6, 6.07) is 15.6. The second-order valence-electron chi connectivity index (χ2n) is 7.77. The number of carbonyl (C=O) groups excluding carboxylic acids is 1. The molecule has 0 radical (unpaired) electrons. The standard InChI is InChI=1S/C23H24N4O4/c1-26-19-12-17(7-8-20(19)31-23(26)29)16-5-3-15(4-6-16)11-18(13-24)27-9-2-10-30-21(14-27)22(25)28/h3-8,12,18,21H,2,9-11,14H2,1H3,(H2,25,28)/t18-,21+/m1/s1. The molecule has 1 amide bonds. The first-order valence-corrected chi connectivity index (χ1v) is 10.2. The van der Waals surface area contributed by atoms with E-state index in [1.807, 2.05) is 41.3 Å². The third-order valence-corrected chi connectivity index (χ3v) is 5.72. The predicted molar refractivity (Wildman–Crippen MR) is 115 cm³/mol. The number of aromatic nitrogens is 1. The Kier molecular flexibility index (Phi) is 5.89. The molecule has 4 rings (SSSR count). The highest BCUT2D eigenvalue weighted by molar-refractivity contribution is 5.80. The van der Waals surface area contributed by atoms with Gasteiger partial charge in [-0.25, -0.2) is 4.79 Å². The van der Waals surface area contributed by atoms with Gasteiger partial charge in [0.15, 0.2) is 5.58 Å². The van der Waals surface area contributed by atoms with Gasteiger partial charge >= 0.3 is 5.76 Å². The molecule has 1 saturated heterocycles. The molecule has 2 aromatic carbocycles. The highest BCUT2D eigenvalue weighted by atomic mass is 16.5. The number of aryl methyl sites for hydroxylation is 1. The number of ether oxygens (including phenoxy) is 1. The van der Waals surface area contributed by atoms with Crippen molar-refractivity contribution in [1.82, 2.24) is 9.47 Å². The van der Waals surface area contributed by atoms with E-state index in [0.29, 0.717) is 31.7 Å². The molecule has 1 fully saturated rings. The Labute approximate surface area is 179 Å². The maximum absolute atomic E-state index is 11.7. The number of primary amides is 1. The second kappa shape index (κ2) is 8.76. The number of nitriles is 1. The highest BCUT2D eigenvalue weighted by Gasteiger charge is 2.28. The van der Waals surface area contributed by atoms with E-state index in [9.17, 15) is 14.9 Å². The van der Waals surface area contributed by atoms with Crippen molar-refractivity contribution in [1.29, 1.82) is 5.26 Å². The van der Waals surface area contributed by atoms with Crippen LogP contribution in [-0.4, -0.2) is 47.2 Å². The van der Waals surface area contributed by atoms with Gasteiger partial charge in [-0.2, -0.15) is 5.26 Å². The van der Waals surface area contributed by atoms with Crippen molar-refractivity contribution in [3.63, 3.8) is 0 Å². The Hall–Kier alpha value is -3.41. The van der Waals surface area contributed by atoms with E-state index in [1.54, 1.807) is 13.1 Å². The van der Waals surface area contributed by atoms with Crippen LogP contribution >= 0.6 is 0 Å². The van der Waals surface area contributed by atoms with Gasteiger partial charge in [-0.15, -0.1) is 0 Å². The fraction of sp³-hybridized carbons (Fsp3) is 0.348. The van der Waals surface area contributed by atoms with Gasteiger partial charge < -0.3 is 14.9 Å². The van der Waals surface area contributed by atoms with Crippen LogP contribution in [0.4, 0.5) is 0 Å². The predicted octanol–water partition coefficient (Wildman–Crippen LogP) is 1.81. The Morgan fingerprint density at radius 1 is 1.26 bits per heavy atom. The van der Waals surface area contributed by atoms with Crippen molar-refractivity contribution < 1.29 is 13.9 Å². The summed E-state index contributed by atoms with van der Waals surface area (Å²) in [6.45, 7) is 1.47. The molecule has 0 bridgehead atoms. The zero-order chi connectivity index (χ0) is 22.0. The fourth-order valence-corrected chi connectivity index (χ4v) is 3.92. The van der Waals surface area contributed by atoms with Gasteiger partial charge in [-0.1, -0.05) is 30.3 Å². The van der Waals surface area contributed by atoms with Gasteiger partial charge in [0.2, 0.25) is 5.91 Å². The molecule has 2 heterocycles. The van der Waals surface area contributed by atoms with E-state index in [4.69, 9.17) is 14.9 Å². The van der Waals surface area contributed by atoms with E-state index in [1.165, 1.54) is 4.57 Å². The number of carbonyl (C=O) groups is 1. The summed E-state index contributed by atoms with van der Waals surface area (Å²) >= 11 is 0. The number of nitrogens with two attached hydrogens (primary N) is 1. The summed E-state index contributed by atoms with van der Waals surface area (Å²) in [5.74, 6) is -0.887. The molecule has 0 aliphatic carbocycles. The lowest BCUT2D eigenvalue weighted by molar-refractivity contribution is -0.129. The lowest BCUT2D eigenvalue weighted by atomic mass is 10.00. The summed E-state index contributed by atoms with van der Waals surface area (Å²) in [5, 5.41) is 9.73. The molecule has 0 saturated carbocycles. The van der Waals surface area contributed by atoms with Crippen LogP contribution in [0.2, 0.25) is 0 Å². The monoisotopic (exact) mass is 420 g/mol. The molecule has 0 unspecified atom stereocenters. The van der Waals surface area contributed by atoms with Crippen LogP contribution in [0, 0.1) is 11.3 Å². The molecule has 2 atom stereocenters. The number of amides is 1. The van der Waals surface area contributed by atoms with Crippen LogP contribution in [0.1, 0.15) is 12.0 Å². The molecule has 1 aliphatic heterocycles. The first-order valence-electron chi connectivity index (χ1n) is 10.2. The average Bonchev–Trinajstić information content (AvgIpc) is 2.94. The molecule has 1 aliphatic rings. The lowest BCUT2D eigenvalue weighted by Gasteiger charge is -2.27. The van der Waals surface area contributed by atoms with E-state index in [-0.39, 0.29) is 11.8 Å². The number of rotatable bonds is 5. The summed E-state index contributed by atoms with van der Waals surface area (Å²) in [4.78, 5) is 25.2. The Morgan fingerprint density at radius 2 is 2.00 bits per heavy atom. The normalized spacial score (nSPS) is 18.4. The smallest absolute Gasteiger partial charge is 0.408 e. The fourth-order valence-electron chi connectivity index (χ4n) is 3.92. The first kappa shape index (κ1) is 20.8. The molecular formula is C23H24N4O4. The zero-order valence-electron chi connectivity index (χ0n) is 17.3. The second-order valence-corrected chi connectivity index (χ2v) is 7.77. The molecule has 0 spiro atoms. The molecule has 31 heavy (non-hydrogen) atoms. The van der Waals surface area contributed by atoms with Crippen LogP contribution in [-0.2, 0) is 23.0 Å². The maximum Gasteiger partial charge on any atom is 0.419 e. The third-order valence-electron chi connectivity index (χ3n) is 5.72. The number of fused-ring (bicyclic) bond motifs is 1. The molecule has 8 nitrogen and oxygen atoms in total. The van der Waals surface area contributed by atoms with Crippen molar-refractivity contribution in [2.24, 2.45) is 12.8 Å².